The average Bonchev–Trinajstić information content (AvgIpc) is 2.69. The lowest BCUT2D eigenvalue weighted by Gasteiger charge is -2.27. The lowest BCUT2D eigenvalue weighted by molar-refractivity contribution is 0.262. The number of hydrogen-bond acceptors (Lipinski definition) is 2. The third-order valence-corrected chi connectivity index (χ3v) is 4.41. The predicted octanol–water partition coefficient (Wildman–Crippen LogP) is 3.03. The molecular formula is C15H27N3. The van der Waals surface area contributed by atoms with Crippen molar-refractivity contribution in [3.63, 3.8) is 0 Å². The minimum Gasteiger partial charge on any atom is -0.312 e. The van der Waals surface area contributed by atoms with E-state index in [1.165, 1.54) is 44.2 Å². The molecule has 3 heteroatoms. The summed E-state index contributed by atoms with van der Waals surface area (Å²) in [6.45, 7) is 6.55. The van der Waals surface area contributed by atoms with Gasteiger partial charge in [-0.2, -0.15) is 5.10 Å². The van der Waals surface area contributed by atoms with Crippen LogP contribution in [0.2, 0.25) is 0 Å². The van der Waals surface area contributed by atoms with E-state index in [1.807, 2.05) is 11.7 Å². The van der Waals surface area contributed by atoms with Gasteiger partial charge >= 0.3 is 0 Å². The summed E-state index contributed by atoms with van der Waals surface area (Å²) in [7, 11) is 1.99. The molecule has 18 heavy (non-hydrogen) atoms. The van der Waals surface area contributed by atoms with Crippen molar-refractivity contribution in [1.82, 2.24) is 15.1 Å². The zero-order valence-electron chi connectivity index (χ0n) is 12.1. The number of hydrogen-bond donors (Lipinski definition) is 1. The summed E-state index contributed by atoms with van der Waals surface area (Å²) in [4.78, 5) is 0. The highest BCUT2D eigenvalue weighted by atomic mass is 15.2. The highest BCUT2D eigenvalue weighted by Gasteiger charge is 2.19. The third kappa shape index (κ3) is 3.58. The van der Waals surface area contributed by atoms with Crippen LogP contribution in [0.25, 0.3) is 0 Å². The highest BCUT2D eigenvalue weighted by Crippen LogP contribution is 2.30. The van der Waals surface area contributed by atoms with E-state index in [0.29, 0.717) is 0 Å². The van der Waals surface area contributed by atoms with Crippen molar-refractivity contribution in [2.24, 2.45) is 18.9 Å². The first-order chi connectivity index (χ1) is 8.69. The molecule has 102 valence electrons. The molecule has 2 rings (SSSR count). The van der Waals surface area contributed by atoms with Crippen LogP contribution >= 0.6 is 0 Å². The number of rotatable bonds is 5. The third-order valence-electron chi connectivity index (χ3n) is 4.41. The summed E-state index contributed by atoms with van der Waals surface area (Å²) >= 11 is 0. The number of nitrogens with zero attached hydrogens (tertiary/aromatic N) is 2. The predicted molar refractivity (Wildman–Crippen MR) is 75.4 cm³/mol. The van der Waals surface area contributed by atoms with Crippen LogP contribution in [0, 0.1) is 18.8 Å². The maximum atomic E-state index is 4.37. The molecule has 0 bridgehead atoms. The molecule has 1 N–H and O–H groups in total. The molecule has 1 saturated carbocycles. The zero-order chi connectivity index (χ0) is 13.0. The van der Waals surface area contributed by atoms with Crippen LogP contribution in [0.15, 0.2) is 6.20 Å². The standard InChI is InChI=1S/C15H27N3/c1-4-13-5-7-14(8-6-13)9-16-10-15-11-18(3)17-12(15)2/h11,13-14,16H,4-10H2,1-3H3. The maximum Gasteiger partial charge on any atom is 0.0638 e. The van der Waals surface area contributed by atoms with Gasteiger partial charge in [0, 0.05) is 25.4 Å². The summed E-state index contributed by atoms with van der Waals surface area (Å²) in [6, 6.07) is 0. The second kappa shape index (κ2) is 6.37. The fourth-order valence-corrected chi connectivity index (χ4v) is 3.08. The van der Waals surface area contributed by atoms with Gasteiger partial charge in [0.05, 0.1) is 5.69 Å². The van der Waals surface area contributed by atoms with Crippen molar-refractivity contribution in [2.75, 3.05) is 6.54 Å². The summed E-state index contributed by atoms with van der Waals surface area (Å²) in [6.07, 6.45) is 9.20. The van der Waals surface area contributed by atoms with Crippen LogP contribution in [-0.2, 0) is 13.6 Å². The van der Waals surface area contributed by atoms with Gasteiger partial charge in [-0.25, -0.2) is 0 Å². The van der Waals surface area contributed by atoms with Gasteiger partial charge in [0.1, 0.15) is 0 Å². The average molecular weight is 249 g/mol. The van der Waals surface area contributed by atoms with E-state index in [1.54, 1.807) is 0 Å². The summed E-state index contributed by atoms with van der Waals surface area (Å²) in [5, 5.41) is 7.98. The summed E-state index contributed by atoms with van der Waals surface area (Å²) in [5.41, 5.74) is 2.49. The van der Waals surface area contributed by atoms with Crippen molar-refractivity contribution < 1.29 is 0 Å². The topological polar surface area (TPSA) is 29.9 Å². The molecule has 1 aliphatic rings. The van der Waals surface area contributed by atoms with Gasteiger partial charge in [0.15, 0.2) is 0 Å². The van der Waals surface area contributed by atoms with Gasteiger partial charge in [0.2, 0.25) is 0 Å². The van der Waals surface area contributed by atoms with Crippen LogP contribution in [0.4, 0.5) is 0 Å². The van der Waals surface area contributed by atoms with E-state index >= 15 is 0 Å². The monoisotopic (exact) mass is 249 g/mol. The van der Waals surface area contributed by atoms with Crippen molar-refractivity contribution in [3.8, 4) is 0 Å². The molecule has 0 unspecified atom stereocenters. The van der Waals surface area contributed by atoms with Crippen LogP contribution in [0.3, 0.4) is 0 Å². The first-order valence-corrected chi connectivity index (χ1v) is 7.38. The minimum absolute atomic E-state index is 0.893. The van der Waals surface area contributed by atoms with Gasteiger partial charge in [-0.1, -0.05) is 26.2 Å². The molecule has 1 fully saturated rings. The first-order valence-electron chi connectivity index (χ1n) is 7.38. The Morgan fingerprint density at radius 2 is 1.94 bits per heavy atom. The van der Waals surface area contributed by atoms with Crippen LogP contribution in [-0.4, -0.2) is 16.3 Å². The van der Waals surface area contributed by atoms with Crippen molar-refractivity contribution in [1.29, 1.82) is 0 Å². The fourth-order valence-electron chi connectivity index (χ4n) is 3.08. The maximum absolute atomic E-state index is 4.37. The number of nitrogens with one attached hydrogen (secondary N) is 1. The molecule has 1 aromatic rings. The largest absolute Gasteiger partial charge is 0.312 e. The Bertz CT molecular complexity index is 362. The van der Waals surface area contributed by atoms with Crippen LogP contribution in [0.5, 0.6) is 0 Å². The minimum atomic E-state index is 0.893. The molecule has 0 amide bonds. The van der Waals surface area contributed by atoms with Crippen molar-refractivity contribution in [3.05, 3.63) is 17.5 Å². The highest BCUT2D eigenvalue weighted by molar-refractivity contribution is 5.14. The number of aromatic nitrogens is 2. The Labute approximate surface area is 111 Å². The lowest BCUT2D eigenvalue weighted by atomic mass is 9.81. The summed E-state index contributed by atoms with van der Waals surface area (Å²) < 4.78 is 1.90. The van der Waals surface area contributed by atoms with Crippen LogP contribution < -0.4 is 5.32 Å². The van der Waals surface area contributed by atoms with Gasteiger partial charge in [-0.3, -0.25) is 4.68 Å². The molecule has 0 spiro atoms. The normalized spacial score (nSPS) is 24.4. The molecule has 3 nitrogen and oxygen atoms in total. The zero-order valence-corrected chi connectivity index (χ0v) is 12.1. The Balaban J connectivity index is 1.68. The van der Waals surface area contributed by atoms with E-state index < -0.39 is 0 Å². The lowest BCUT2D eigenvalue weighted by Crippen LogP contribution is -2.26. The van der Waals surface area contributed by atoms with Crippen LogP contribution in [0.1, 0.15) is 50.3 Å². The Morgan fingerprint density at radius 3 is 2.50 bits per heavy atom. The van der Waals surface area contributed by atoms with E-state index in [-0.39, 0.29) is 0 Å². The molecule has 0 radical (unpaired) electrons. The van der Waals surface area contributed by atoms with E-state index in [4.69, 9.17) is 0 Å². The second-order valence-electron chi connectivity index (χ2n) is 5.84. The smallest absolute Gasteiger partial charge is 0.0638 e. The Kier molecular flexibility index (Phi) is 4.81. The van der Waals surface area contributed by atoms with Gasteiger partial charge in [-0.15, -0.1) is 0 Å². The summed E-state index contributed by atoms with van der Waals surface area (Å²) in [5.74, 6) is 1.89. The van der Waals surface area contributed by atoms with E-state index in [2.05, 4.69) is 30.5 Å². The molecule has 1 aromatic heterocycles. The van der Waals surface area contributed by atoms with Crippen molar-refractivity contribution >= 4 is 0 Å². The fraction of sp³-hybridized carbons (Fsp3) is 0.800. The Hall–Kier alpha value is -0.830. The molecule has 1 heterocycles. The molecule has 1 aliphatic carbocycles. The van der Waals surface area contributed by atoms with E-state index in [9.17, 15) is 0 Å². The Morgan fingerprint density at radius 1 is 1.28 bits per heavy atom. The molecular weight excluding hydrogens is 222 g/mol. The molecule has 0 aliphatic heterocycles. The first kappa shape index (κ1) is 13.6. The molecule has 0 aromatic carbocycles. The van der Waals surface area contributed by atoms with Gasteiger partial charge < -0.3 is 5.32 Å². The SMILES string of the molecule is CCC1CCC(CNCc2cn(C)nc2C)CC1. The van der Waals surface area contributed by atoms with E-state index in [0.717, 1.165) is 24.1 Å². The van der Waals surface area contributed by atoms with Crippen molar-refractivity contribution in [2.45, 2.75) is 52.5 Å². The van der Waals surface area contributed by atoms with Gasteiger partial charge in [-0.05, 0) is 38.1 Å². The number of aryl methyl sites for hydroxylation is 2. The molecule has 0 atom stereocenters. The second-order valence-corrected chi connectivity index (χ2v) is 5.84. The molecule has 0 saturated heterocycles. The van der Waals surface area contributed by atoms with Gasteiger partial charge in [0.25, 0.3) is 0 Å². The quantitative estimate of drug-likeness (QED) is 0.869.